The van der Waals surface area contributed by atoms with Gasteiger partial charge in [0, 0.05) is 0 Å². The molecule has 0 amide bonds. The predicted octanol–water partition coefficient (Wildman–Crippen LogP) is 1.98. The van der Waals surface area contributed by atoms with Crippen LogP contribution < -0.4 is 0 Å². The van der Waals surface area contributed by atoms with E-state index >= 15 is 0 Å². The topological polar surface area (TPSA) is 20.3 Å². The number of carbonyl (C=O) groups excluding carboxylic acids is 1. The maximum atomic E-state index is 13.5. The first-order valence-corrected chi connectivity index (χ1v) is 3.80. The van der Waals surface area contributed by atoms with Gasteiger partial charge in [-0.25, -0.2) is 4.39 Å². The van der Waals surface area contributed by atoms with Gasteiger partial charge in [0.05, 0.1) is 12.0 Å². The average molecular weight is 231 g/mol. The maximum Gasteiger partial charge on any atom is 0.373 e. The Kier molecular flexibility index (Phi) is 1.65. The number of allylic oxidation sites excluding steroid dienone is 1. The zero-order chi connectivity index (χ0) is 11.6. The highest BCUT2D eigenvalue weighted by Crippen LogP contribution is 2.60. The van der Waals surface area contributed by atoms with Crippen LogP contribution in [0.5, 0.6) is 0 Å². The van der Waals surface area contributed by atoms with Gasteiger partial charge in [0.25, 0.3) is 0 Å². The predicted molar refractivity (Wildman–Crippen MR) is 34.4 cm³/mol. The SMILES string of the molecule is O=C1C=C2C(F)(F)N(F)C(F)(F)C2(F)C1. The van der Waals surface area contributed by atoms with Crippen LogP contribution in [0.4, 0.5) is 26.4 Å². The molecule has 0 aromatic carbocycles. The number of fused-ring (bicyclic) bond motifs is 1. The smallest absolute Gasteiger partial charge is 0.295 e. The van der Waals surface area contributed by atoms with Crippen molar-refractivity contribution in [3.63, 3.8) is 0 Å². The number of halogens is 6. The molecule has 0 spiro atoms. The molecule has 1 unspecified atom stereocenters. The van der Waals surface area contributed by atoms with Crippen molar-refractivity contribution >= 4 is 5.78 Å². The lowest BCUT2D eigenvalue weighted by Gasteiger charge is -2.23. The van der Waals surface area contributed by atoms with Gasteiger partial charge in [0.2, 0.25) is 5.67 Å². The molecule has 1 fully saturated rings. The van der Waals surface area contributed by atoms with Gasteiger partial charge in [0.15, 0.2) is 5.78 Å². The average Bonchev–Trinajstić information content (AvgIpc) is 2.45. The number of nitrogens with zero attached hydrogens (tertiary/aromatic N) is 1. The first-order chi connectivity index (χ1) is 6.64. The molecule has 0 saturated carbocycles. The van der Waals surface area contributed by atoms with Crippen molar-refractivity contribution in [1.29, 1.82) is 0 Å². The zero-order valence-corrected chi connectivity index (χ0v) is 6.91. The molecule has 8 heteroatoms. The van der Waals surface area contributed by atoms with Gasteiger partial charge >= 0.3 is 12.1 Å². The molecule has 1 heterocycles. The molecule has 1 aliphatic carbocycles. The van der Waals surface area contributed by atoms with Gasteiger partial charge in [-0.3, -0.25) is 4.79 Å². The second-order valence-electron chi connectivity index (χ2n) is 3.37. The third-order valence-electron chi connectivity index (χ3n) is 2.44. The van der Waals surface area contributed by atoms with Crippen molar-refractivity contribution < 1.29 is 31.2 Å². The number of alkyl halides is 5. The highest BCUT2D eigenvalue weighted by molar-refractivity contribution is 5.96. The molecule has 0 aromatic heterocycles. The van der Waals surface area contributed by atoms with E-state index in [0.29, 0.717) is 0 Å². The Morgan fingerprint density at radius 2 is 1.73 bits per heavy atom. The van der Waals surface area contributed by atoms with Crippen LogP contribution in [0.1, 0.15) is 6.42 Å². The summed E-state index contributed by atoms with van der Waals surface area (Å²) in [6, 6.07) is -9.82. The van der Waals surface area contributed by atoms with E-state index in [1.54, 1.807) is 0 Å². The summed E-state index contributed by atoms with van der Waals surface area (Å²) >= 11 is 0. The lowest BCUT2D eigenvalue weighted by molar-refractivity contribution is -0.328. The molecule has 2 rings (SSSR count). The number of carbonyl (C=O) groups is 1. The van der Waals surface area contributed by atoms with Gasteiger partial charge < -0.3 is 0 Å². The quantitative estimate of drug-likeness (QED) is 0.361. The molecule has 1 atom stereocenters. The van der Waals surface area contributed by atoms with Crippen molar-refractivity contribution in [2.45, 2.75) is 24.2 Å². The van der Waals surface area contributed by atoms with E-state index < -0.39 is 40.7 Å². The Balaban J connectivity index is 2.64. The molecule has 0 N–H and O–H groups in total. The van der Waals surface area contributed by atoms with Crippen molar-refractivity contribution in [1.82, 2.24) is 5.12 Å². The first-order valence-electron chi connectivity index (χ1n) is 3.80. The lowest BCUT2D eigenvalue weighted by Crippen LogP contribution is -2.47. The Morgan fingerprint density at radius 1 is 1.20 bits per heavy atom. The first kappa shape index (κ1) is 10.5. The third kappa shape index (κ3) is 0.926. The van der Waals surface area contributed by atoms with Crippen LogP contribution in [-0.2, 0) is 4.79 Å². The van der Waals surface area contributed by atoms with Crippen LogP contribution >= 0.6 is 0 Å². The van der Waals surface area contributed by atoms with Crippen LogP contribution in [0.15, 0.2) is 11.6 Å². The summed E-state index contributed by atoms with van der Waals surface area (Å²) in [5.74, 6) is -1.21. The lowest BCUT2D eigenvalue weighted by atomic mass is 9.98. The molecule has 0 bridgehead atoms. The van der Waals surface area contributed by atoms with Crippen LogP contribution in [0.25, 0.3) is 0 Å². The molecule has 15 heavy (non-hydrogen) atoms. The van der Waals surface area contributed by atoms with E-state index in [4.69, 9.17) is 0 Å². The fraction of sp³-hybridized carbons (Fsp3) is 0.571. The third-order valence-corrected chi connectivity index (χ3v) is 2.44. The van der Waals surface area contributed by atoms with Crippen LogP contribution in [0.3, 0.4) is 0 Å². The minimum Gasteiger partial charge on any atom is -0.295 e. The molecule has 2 nitrogen and oxygen atoms in total. The summed E-state index contributed by atoms with van der Waals surface area (Å²) in [6.07, 6.45) is -1.43. The summed E-state index contributed by atoms with van der Waals surface area (Å²) < 4.78 is 77.3. The zero-order valence-electron chi connectivity index (χ0n) is 6.91. The second-order valence-corrected chi connectivity index (χ2v) is 3.37. The van der Waals surface area contributed by atoms with E-state index in [2.05, 4.69) is 0 Å². The minimum absolute atomic E-state index is 0.0352. The van der Waals surface area contributed by atoms with Crippen molar-refractivity contribution in [2.24, 2.45) is 0 Å². The second kappa shape index (κ2) is 2.37. The molecule has 84 valence electrons. The fourth-order valence-electron chi connectivity index (χ4n) is 1.69. The van der Waals surface area contributed by atoms with Gasteiger partial charge in [-0.15, -0.1) is 4.48 Å². The van der Waals surface area contributed by atoms with E-state index in [1.165, 1.54) is 0 Å². The van der Waals surface area contributed by atoms with Gasteiger partial charge in [-0.1, -0.05) is 0 Å². The summed E-state index contributed by atoms with van der Waals surface area (Å²) in [6.45, 7) is 0. The monoisotopic (exact) mass is 231 g/mol. The fourth-order valence-corrected chi connectivity index (χ4v) is 1.69. The molecule has 0 aromatic rings. The molecular weight excluding hydrogens is 228 g/mol. The highest BCUT2D eigenvalue weighted by atomic mass is 19.3. The normalized spacial score (nSPS) is 38.0. The van der Waals surface area contributed by atoms with Crippen LogP contribution in [0.2, 0.25) is 0 Å². The number of ketones is 1. The van der Waals surface area contributed by atoms with E-state index in [0.717, 1.165) is 0 Å². The van der Waals surface area contributed by atoms with Crippen LogP contribution in [-0.4, -0.2) is 28.7 Å². The van der Waals surface area contributed by atoms with Crippen LogP contribution in [0, 0.1) is 0 Å². The Hall–Kier alpha value is -1.05. The summed E-state index contributed by atoms with van der Waals surface area (Å²) in [4.78, 5) is 10.6. The summed E-state index contributed by atoms with van der Waals surface area (Å²) in [5, 5.41) is -2.14. The highest BCUT2D eigenvalue weighted by Gasteiger charge is 2.81. The number of hydrogen-bond acceptors (Lipinski definition) is 2. The molecule has 1 saturated heterocycles. The molecule has 2 aliphatic rings. The van der Waals surface area contributed by atoms with Gasteiger partial charge in [-0.2, -0.15) is 17.6 Å². The number of rotatable bonds is 0. The van der Waals surface area contributed by atoms with Crippen molar-refractivity contribution in [3.8, 4) is 0 Å². The summed E-state index contributed by atoms with van der Waals surface area (Å²) in [5.41, 5.74) is -5.75. The summed E-state index contributed by atoms with van der Waals surface area (Å²) in [7, 11) is 0. The van der Waals surface area contributed by atoms with Crippen molar-refractivity contribution in [3.05, 3.63) is 11.6 Å². The minimum atomic E-state index is -5.03. The molecular formula is C7H3F6NO. The Bertz CT molecular complexity index is 378. The Labute approximate surface area is 79.1 Å². The van der Waals surface area contributed by atoms with Gasteiger partial charge in [-0.05, 0) is 11.2 Å². The molecule has 1 aliphatic heterocycles. The van der Waals surface area contributed by atoms with Gasteiger partial charge in [0.1, 0.15) is 0 Å². The van der Waals surface area contributed by atoms with Crippen molar-refractivity contribution in [2.75, 3.05) is 0 Å². The largest absolute Gasteiger partial charge is 0.373 e. The Morgan fingerprint density at radius 3 is 2.20 bits per heavy atom. The van der Waals surface area contributed by atoms with E-state index in [1.807, 2.05) is 0 Å². The standard InChI is InChI=1S/C7H3F6NO/c8-5-2-3(15)1-4(5)6(9,10)14(13)7(5,11)12/h1H,2H2. The number of hydrogen-bond donors (Lipinski definition) is 0. The maximum absolute atomic E-state index is 13.5. The molecule has 0 radical (unpaired) electrons. The van der Waals surface area contributed by atoms with E-state index in [9.17, 15) is 31.2 Å². The van der Waals surface area contributed by atoms with E-state index in [-0.39, 0.29) is 6.08 Å².